The van der Waals surface area contributed by atoms with Crippen LogP contribution in [0.2, 0.25) is 0 Å². The predicted octanol–water partition coefficient (Wildman–Crippen LogP) is 1.72. The number of hydrogen-bond acceptors (Lipinski definition) is 5. The average Bonchev–Trinajstić information content (AvgIpc) is 3.21. The molecule has 0 saturated carbocycles. The Morgan fingerprint density at radius 3 is 2.52 bits per heavy atom. The smallest absolute Gasteiger partial charge is 0.308 e. The number of amides is 1. The molecule has 2 heterocycles. The lowest BCUT2D eigenvalue weighted by atomic mass is 10.0. The van der Waals surface area contributed by atoms with Crippen molar-refractivity contribution < 1.29 is 19.6 Å². The van der Waals surface area contributed by atoms with Crippen molar-refractivity contribution in [3.63, 3.8) is 0 Å². The van der Waals surface area contributed by atoms with Crippen molar-refractivity contribution in [2.24, 2.45) is 5.92 Å². The quantitative estimate of drug-likeness (QED) is 0.666. The highest BCUT2D eigenvalue weighted by atomic mass is 16.6. The Morgan fingerprint density at radius 2 is 1.96 bits per heavy atom. The molecule has 130 valence electrons. The van der Waals surface area contributed by atoms with Gasteiger partial charge in [-0.3, -0.25) is 19.7 Å². The van der Waals surface area contributed by atoms with Gasteiger partial charge in [-0.25, -0.2) is 4.68 Å². The molecular weight excluding hydrogens is 328 g/mol. The predicted molar refractivity (Wildman–Crippen MR) is 86.5 cm³/mol. The molecular formula is C16H16N4O5. The van der Waals surface area contributed by atoms with Crippen LogP contribution in [-0.2, 0) is 4.79 Å². The highest BCUT2D eigenvalue weighted by molar-refractivity contribution is 5.93. The standard InChI is InChI=1S/C16H16N4O5/c1-10-13(16(22)23)6-8-18(10)15(21)14-7-9-19(17-14)11-2-4-12(5-3-11)20(24)25/h2-5,7,9-10,13H,6,8H2,1H3,(H,22,23). The van der Waals surface area contributed by atoms with Crippen LogP contribution in [0.3, 0.4) is 0 Å². The second kappa shape index (κ2) is 6.34. The fourth-order valence-corrected chi connectivity index (χ4v) is 3.01. The summed E-state index contributed by atoms with van der Waals surface area (Å²) in [5.41, 5.74) is 0.761. The molecule has 25 heavy (non-hydrogen) atoms. The molecule has 1 amide bonds. The van der Waals surface area contributed by atoms with Gasteiger partial charge >= 0.3 is 5.97 Å². The van der Waals surface area contributed by atoms with E-state index in [-0.39, 0.29) is 17.3 Å². The maximum Gasteiger partial charge on any atom is 0.308 e. The molecule has 1 aromatic heterocycles. The molecule has 1 saturated heterocycles. The first-order valence-electron chi connectivity index (χ1n) is 7.73. The summed E-state index contributed by atoms with van der Waals surface area (Å²) in [7, 11) is 0. The number of carbonyl (C=O) groups excluding carboxylic acids is 1. The van der Waals surface area contributed by atoms with Gasteiger partial charge < -0.3 is 10.0 Å². The number of benzene rings is 1. The Hall–Kier alpha value is -3.23. The molecule has 2 unspecified atom stereocenters. The second-order valence-corrected chi connectivity index (χ2v) is 5.89. The van der Waals surface area contributed by atoms with E-state index in [1.165, 1.54) is 21.7 Å². The third kappa shape index (κ3) is 3.08. The van der Waals surface area contributed by atoms with Crippen LogP contribution in [0.5, 0.6) is 0 Å². The van der Waals surface area contributed by atoms with Crippen LogP contribution in [0, 0.1) is 16.0 Å². The summed E-state index contributed by atoms with van der Waals surface area (Å²) in [6.07, 6.45) is 2.01. The molecule has 9 heteroatoms. The molecule has 1 aliphatic heterocycles. The zero-order chi connectivity index (χ0) is 18.1. The van der Waals surface area contributed by atoms with Gasteiger partial charge in [0.2, 0.25) is 0 Å². The minimum absolute atomic E-state index is 0.0298. The van der Waals surface area contributed by atoms with Crippen molar-refractivity contribution in [1.29, 1.82) is 0 Å². The first kappa shape index (κ1) is 16.6. The van der Waals surface area contributed by atoms with E-state index in [4.69, 9.17) is 5.11 Å². The van der Waals surface area contributed by atoms with Crippen molar-refractivity contribution >= 4 is 17.6 Å². The lowest BCUT2D eigenvalue weighted by Gasteiger charge is -2.22. The van der Waals surface area contributed by atoms with Gasteiger partial charge in [-0.15, -0.1) is 0 Å². The van der Waals surface area contributed by atoms with E-state index in [0.717, 1.165) is 0 Å². The molecule has 2 atom stereocenters. The summed E-state index contributed by atoms with van der Waals surface area (Å²) in [5, 5.41) is 24.1. The van der Waals surface area contributed by atoms with E-state index in [0.29, 0.717) is 18.7 Å². The molecule has 0 spiro atoms. The largest absolute Gasteiger partial charge is 0.481 e. The van der Waals surface area contributed by atoms with Gasteiger partial charge in [0.1, 0.15) is 0 Å². The fraction of sp³-hybridized carbons (Fsp3) is 0.312. The minimum atomic E-state index is -0.904. The highest BCUT2D eigenvalue weighted by Gasteiger charge is 2.38. The number of aliphatic carboxylic acids is 1. The van der Waals surface area contributed by atoms with Crippen LogP contribution >= 0.6 is 0 Å². The number of aromatic nitrogens is 2. The van der Waals surface area contributed by atoms with E-state index < -0.39 is 22.9 Å². The Kier molecular flexibility index (Phi) is 4.22. The number of carboxylic acids is 1. The Bertz CT molecular complexity index is 829. The first-order chi connectivity index (χ1) is 11.9. The van der Waals surface area contributed by atoms with Crippen LogP contribution in [0.1, 0.15) is 23.8 Å². The van der Waals surface area contributed by atoms with Gasteiger partial charge in [0.05, 0.1) is 16.5 Å². The maximum atomic E-state index is 12.6. The summed E-state index contributed by atoms with van der Waals surface area (Å²) in [6.45, 7) is 2.10. The average molecular weight is 344 g/mol. The van der Waals surface area contributed by atoms with E-state index in [1.54, 1.807) is 31.3 Å². The Balaban J connectivity index is 1.78. The molecule has 1 aromatic carbocycles. The number of hydrogen-bond donors (Lipinski definition) is 1. The van der Waals surface area contributed by atoms with E-state index in [2.05, 4.69) is 5.10 Å². The van der Waals surface area contributed by atoms with Crippen LogP contribution < -0.4 is 0 Å². The van der Waals surface area contributed by atoms with E-state index >= 15 is 0 Å². The first-order valence-corrected chi connectivity index (χ1v) is 7.73. The van der Waals surface area contributed by atoms with Gasteiger partial charge in [-0.2, -0.15) is 5.10 Å². The molecule has 1 N–H and O–H groups in total. The van der Waals surface area contributed by atoms with E-state index in [1.807, 2.05) is 0 Å². The van der Waals surface area contributed by atoms with Gasteiger partial charge in [-0.05, 0) is 31.5 Å². The van der Waals surface area contributed by atoms with Crippen molar-refractivity contribution in [3.05, 3.63) is 52.3 Å². The zero-order valence-electron chi connectivity index (χ0n) is 13.4. The summed E-state index contributed by atoms with van der Waals surface area (Å²) in [4.78, 5) is 35.5. The zero-order valence-corrected chi connectivity index (χ0v) is 13.4. The molecule has 0 radical (unpaired) electrons. The number of nitro groups is 1. The molecule has 1 aliphatic rings. The van der Waals surface area contributed by atoms with Gasteiger partial charge in [-0.1, -0.05) is 0 Å². The van der Waals surface area contributed by atoms with Crippen molar-refractivity contribution in [2.45, 2.75) is 19.4 Å². The monoisotopic (exact) mass is 344 g/mol. The van der Waals surface area contributed by atoms with Gasteiger partial charge in [0, 0.05) is 30.9 Å². The third-order valence-corrected chi connectivity index (χ3v) is 4.47. The molecule has 1 fully saturated rings. The van der Waals surface area contributed by atoms with E-state index in [9.17, 15) is 19.7 Å². The highest BCUT2D eigenvalue weighted by Crippen LogP contribution is 2.26. The summed E-state index contributed by atoms with van der Waals surface area (Å²) in [6, 6.07) is 6.95. The number of carbonyl (C=O) groups is 2. The topological polar surface area (TPSA) is 119 Å². The molecule has 2 aromatic rings. The molecule has 0 aliphatic carbocycles. The van der Waals surface area contributed by atoms with Gasteiger partial charge in [0.25, 0.3) is 11.6 Å². The number of non-ortho nitro benzene ring substituents is 1. The number of rotatable bonds is 4. The summed E-state index contributed by atoms with van der Waals surface area (Å²) >= 11 is 0. The number of likely N-dealkylation sites (tertiary alicyclic amines) is 1. The number of nitrogens with zero attached hydrogens (tertiary/aromatic N) is 4. The number of carboxylic acid groups (broad SMARTS) is 1. The van der Waals surface area contributed by atoms with Gasteiger partial charge in [0.15, 0.2) is 5.69 Å². The lowest BCUT2D eigenvalue weighted by molar-refractivity contribution is -0.384. The maximum absolute atomic E-state index is 12.6. The number of nitro benzene ring substituents is 1. The molecule has 9 nitrogen and oxygen atoms in total. The minimum Gasteiger partial charge on any atom is -0.481 e. The SMILES string of the molecule is CC1C(C(=O)O)CCN1C(=O)c1ccn(-c2ccc([N+](=O)[O-])cc2)n1. The molecule has 3 rings (SSSR count). The third-order valence-electron chi connectivity index (χ3n) is 4.47. The fourth-order valence-electron chi connectivity index (χ4n) is 3.01. The normalized spacial score (nSPS) is 19.8. The second-order valence-electron chi connectivity index (χ2n) is 5.89. The van der Waals surface area contributed by atoms with Crippen molar-refractivity contribution in [1.82, 2.24) is 14.7 Å². The lowest BCUT2D eigenvalue weighted by Crippen LogP contribution is -2.37. The van der Waals surface area contributed by atoms with Crippen LogP contribution in [0.15, 0.2) is 36.5 Å². The Labute approximate surface area is 142 Å². The Morgan fingerprint density at radius 1 is 1.28 bits per heavy atom. The van der Waals surface area contributed by atoms with Crippen LogP contribution in [-0.4, -0.2) is 49.2 Å². The molecule has 0 bridgehead atoms. The van der Waals surface area contributed by atoms with Crippen molar-refractivity contribution in [3.8, 4) is 5.69 Å². The summed E-state index contributed by atoms with van der Waals surface area (Å²) in [5.74, 6) is -1.79. The summed E-state index contributed by atoms with van der Waals surface area (Å²) < 4.78 is 1.45. The van der Waals surface area contributed by atoms with Crippen molar-refractivity contribution in [2.75, 3.05) is 6.54 Å². The van der Waals surface area contributed by atoms with Crippen LogP contribution in [0.25, 0.3) is 5.69 Å². The van der Waals surface area contributed by atoms with Crippen LogP contribution in [0.4, 0.5) is 5.69 Å².